The van der Waals surface area contributed by atoms with Gasteiger partial charge in [-0.15, -0.1) is 0 Å². The summed E-state index contributed by atoms with van der Waals surface area (Å²) in [4.78, 5) is 12.6. The molecule has 0 saturated heterocycles. The van der Waals surface area contributed by atoms with Crippen LogP contribution in [0.2, 0.25) is 0 Å². The molecule has 124 valence electrons. The molecule has 0 spiro atoms. The van der Waals surface area contributed by atoms with Crippen LogP contribution in [0.4, 0.5) is 5.69 Å². The molecule has 1 amide bonds. The van der Waals surface area contributed by atoms with Crippen molar-refractivity contribution in [2.75, 3.05) is 5.32 Å². The summed E-state index contributed by atoms with van der Waals surface area (Å²) in [6.45, 7) is 6.62. The molecular formula is C20H21BrN2O. The van der Waals surface area contributed by atoms with E-state index in [9.17, 15) is 4.79 Å². The van der Waals surface area contributed by atoms with E-state index in [-0.39, 0.29) is 5.91 Å². The van der Waals surface area contributed by atoms with Crippen molar-refractivity contribution >= 4 is 38.4 Å². The van der Waals surface area contributed by atoms with E-state index >= 15 is 0 Å². The summed E-state index contributed by atoms with van der Waals surface area (Å²) < 4.78 is 3.02. The van der Waals surface area contributed by atoms with Crippen LogP contribution in [0.5, 0.6) is 0 Å². The third-order valence-electron chi connectivity index (χ3n) is 4.24. The summed E-state index contributed by atoms with van der Waals surface area (Å²) in [6.07, 6.45) is 1.96. The Kier molecular flexibility index (Phi) is 4.76. The minimum Gasteiger partial charge on any atom is -0.338 e. The number of hydrogen-bond acceptors (Lipinski definition) is 1. The Balaban J connectivity index is 1.83. The smallest absolute Gasteiger partial charge is 0.244 e. The minimum atomic E-state index is -0.00776. The van der Waals surface area contributed by atoms with Gasteiger partial charge in [-0.2, -0.15) is 0 Å². The molecule has 0 radical (unpaired) electrons. The maximum absolute atomic E-state index is 12.6. The van der Waals surface area contributed by atoms with Crippen LogP contribution in [0.25, 0.3) is 10.9 Å². The van der Waals surface area contributed by atoms with E-state index in [1.54, 1.807) is 0 Å². The first kappa shape index (κ1) is 16.8. The monoisotopic (exact) mass is 384 g/mol. The van der Waals surface area contributed by atoms with Crippen LogP contribution in [0.3, 0.4) is 0 Å². The quantitative estimate of drug-likeness (QED) is 0.635. The standard InChI is InChI=1S/C20H21BrN2O/c1-13(2)17-6-4-5-14(3)20(17)22-19(24)12-23-10-9-15-11-16(21)7-8-18(15)23/h4-11,13H,12H2,1-3H3,(H,22,24). The van der Waals surface area contributed by atoms with Gasteiger partial charge < -0.3 is 9.88 Å². The summed E-state index contributed by atoms with van der Waals surface area (Å²) in [5.74, 6) is 0.358. The van der Waals surface area contributed by atoms with Gasteiger partial charge in [0.1, 0.15) is 6.54 Å². The Morgan fingerprint density at radius 2 is 2.00 bits per heavy atom. The number of carbonyl (C=O) groups excluding carboxylic acids is 1. The number of nitrogens with one attached hydrogen (secondary N) is 1. The van der Waals surface area contributed by atoms with Crippen molar-refractivity contribution in [2.24, 2.45) is 0 Å². The first-order valence-corrected chi connectivity index (χ1v) is 8.89. The first-order chi connectivity index (χ1) is 11.5. The van der Waals surface area contributed by atoms with Crippen molar-refractivity contribution in [3.05, 3.63) is 64.3 Å². The Hall–Kier alpha value is -2.07. The fourth-order valence-corrected chi connectivity index (χ4v) is 3.36. The van der Waals surface area contributed by atoms with Gasteiger partial charge >= 0.3 is 0 Å². The molecular weight excluding hydrogens is 364 g/mol. The SMILES string of the molecule is Cc1cccc(C(C)C)c1NC(=O)Cn1ccc2cc(Br)ccc21. The van der Waals surface area contributed by atoms with Crippen molar-refractivity contribution in [3.63, 3.8) is 0 Å². The zero-order chi connectivity index (χ0) is 17.3. The van der Waals surface area contributed by atoms with Gasteiger partial charge in [0.05, 0.1) is 0 Å². The third-order valence-corrected chi connectivity index (χ3v) is 4.73. The maximum Gasteiger partial charge on any atom is 0.244 e. The summed E-state index contributed by atoms with van der Waals surface area (Å²) in [6, 6.07) is 14.3. The Bertz CT molecular complexity index is 896. The molecule has 0 fully saturated rings. The van der Waals surface area contributed by atoms with Gasteiger partial charge in [0, 0.05) is 27.3 Å². The molecule has 0 saturated carbocycles. The van der Waals surface area contributed by atoms with Crippen LogP contribution in [0, 0.1) is 6.92 Å². The van der Waals surface area contributed by atoms with Crippen LogP contribution in [0.1, 0.15) is 30.9 Å². The number of halogens is 1. The van der Waals surface area contributed by atoms with Crippen molar-refractivity contribution in [3.8, 4) is 0 Å². The van der Waals surface area contributed by atoms with Gasteiger partial charge in [-0.25, -0.2) is 0 Å². The second-order valence-electron chi connectivity index (χ2n) is 6.39. The van der Waals surface area contributed by atoms with Crippen molar-refractivity contribution in [1.82, 2.24) is 4.57 Å². The zero-order valence-corrected chi connectivity index (χ0v) is 15.7. The lowest BCUT2D eigenvalue weighted by Crippen LogP contribution is -2.20. The summed E-state index contributed by atoms with van der Waals surface area (Å²) in [5, 5.41) is 4.23. The molecule has 0 unspecified atom stereocenters. The van der Waals surface area contributed by atoms with E-state index in [4.69, 9.17) is 0 Å². The number of carbonyl (C=O) groups is 1. The minimum absolute atomic E-state index is 0.00776. The molecule has 24 heavy (non-hydrogen) atoms. The van der Waals surface area contributed by atoms with Crippen LogP contribution >= 0.6 is 15.9 Å². The Labute approximate surface area is 150 Å². The highest BCUT2D eigenvalue weighted by Crippen LogP contribution is 2.27. The molecule has 0 atom stereocenters. The number of hydrogen-bond donors (Lipinski definition) is 1. The number of anilines is 1. The van der Waals surface area contributed by atoms with Crippen LogP contribution in [-0.4, -0.2) is 10.5 Å². The molecule has 3 nitrogen and oxygen atoms in total. The molecule has 4 heteroatoms. The Morgan fingerprint density at radius 1 is 1.21 bits per heavy atom. The molecule has 1 heterocycles. The largest absolute Gasteiger partial charge is 0.338 e. The first-order valence-electron chi connectivity index (χ1n) is 8.09. The lowest BCUT2D eigenvalue weighted by atomic mass is 9.98. The molecule has 2 aromatic carbocycles. The molecule has 1 N–H and O–H groups in total. The normalized spacial score (nSPS) is 11.2. The number of fused-ring (bicyclic) bond motifs is 1. The number of benzene rings is 2. The highest BCUT2D eigenvalue weighted by atomic mass is 79.9. The molecule has 0 bridgehead atoms. The third kappa shape index (κ3) is 3.39. The van der Waals surface area contributed by atoms with Gasteiger partial charge in [0.25, 0.3) is 0 Å². The van der Waals surface area contributed by atoms with Gasteiger partial charge in [-0.3, -0.25) is 4.79 Å². The lowest BCUT2D eigenvalue weighted by molar-refractivity contribution is -0.116. The maximum atomic E-state index is 12.6. The summed E-state index contributed by atoms with van der Waals surface area (Å²) >= 11 is 3.48. The van der Waals surface area contributed by atoms with E-state index in [0.29, 0.717) is 12.5 Å². The van der Waals surface area contributed by atoms with Crippen LogP contribution < -0.4 is 5.32 Å². The van der Waals surface area contributed by atoms with E-state index < -0.39 is 0 Å². The van der Waals surface area contributed by atoms with E-state index in [1.165, 1.54) is 5.56 Å². The second kappa shape index (κ2) is 6.81. The van der Waals surface area contributed by atoms with Crippen molar-refractivity contribution in [2.45, 2.75) is 33.2 Å². The van der Waals surface area contributed by atoms with E-state index in [0.717, 1.165) is 26.6 Å². The molecule has 0 aliphatic carbocycles. The van der Waals surface area contributed by atoms with Crippen molar-refractivity contribution in [1.29, 1.82) is 0 Å². The van der Waals surface area contributed by atoms with E-state index in [2.05, 4.69) is 47.2 Å². The average Bonchev–Trinajstić information content (AvgIpc) is 2.91. The number of aryl methyl sites for hydroxylation is 1. The fraction of sp³-hybridized carbons (Fsp3) is 0.250. The van der Waals surface area contributed by atoms with Crippen LogP contribution in [-0.2, 0) is 11.3 Å². The Morgan fingerprint density at radius 3 is 2.75 bits per heavy atom. The molecule has 3 aromatic rings. The molecule has 3 rings (SSSR count). The topological polar surface area (TPSA) is 34.0 Å². The molecule has 1 aromatic heterocycles. The zero-order valence-electron chi connectivity index (χ0n) is 14.1. The van der Waals surface area contributed by atoms with Gasteiger partial charge in [-0.05, 0) is 48.2 Å². The van der Waals surface area contributed by atoms with Crippen LogP contribution in [0.15, 0.2) is 53.1 Å². The molecule has 0 aliphatic heterocycles. The van der Waals surface area contributed by atoms with Gasteiger partial charge in [0.2, 0.25) is 5.91 Å². The fourth-order valence-electron chi connectivity index (χ4n) is 2.98. The number of rotatable bonds is 4. The molecule has 0 aliphatic rings. The highest BCUT2D eigenvalue weighted by molar-refractivity contribution is 9.10. The van der Waals surface area contributed by atoms with Crippen molar-refractivity contribution < 1.29 is 4.79 Å². The highest BCUT2D eigenvalue weighted by Gasteiger charge is 2.13. The average molecular weight is 385 g/mol. The van der Waals surface area contributed by atoms with Gasteiger partial charge in [-0.1, -0.05) is 48.0 Å². The number of nitrogens with zero attached hydrogens (tertiary/aromatic N) is 1. The number of aromatic nitrogens is 1. The van der Waals surface area contributed by atoms with Gasteiger partial charge in [0.15, 0.2) is 0 Å². The lowest BCUT2D eigenvalue weighted by Gasteiger charge is -2.16. The summed E-state index contributed by atoms with van der Waals surface area (Å²) in [7, 11) is 0. The predicted octanol–water partition coefficient (Wildman–Crippen LogP) is 5.47. The second-order valence-corrected chi connectivity index (χ2v) is 7.30. The summed E-state index contributed by atoms with van der Waals surface area (Å²) in [5.41, 5.74) is 4.26. The number of para-hydroxylation sites is 1. The van der Waals surface area contributed by atoms with E-state index in [1.807, 2.05) is 48.0 Å². The number of amides is 1. The predicted molar refractivity (Wildman–Crippen MR) is 104 cm³/mol.